The summed E-state index contributed by atoms with van der Waals surface area (Å²) in [5, 5.41) is 3.46. The van der Waals surface area contributed by atoms with E-state index in [1.165, 1.54) is 41.3 Å². The van der Waals surface area contributed by atoms with Gasteiger partial charge in [-0.25, -0.2) is 12.8 Å². The summed E-state index contributed by atoms with van der Waals surface area (Å²) in [6, 6.07) is 17.5. The van der Waals surface area contributed by atoms with Gasteiger partial charge in [0, 0.05) is 17.6 Å². The summed E-state index contributed by atoms with van der Waals surface area (Å²) < 4.78 is 42.5. The molecule has 0 heterocycles. The van der Waals surface area contributed by atoms with Crippen LogP contribution in [0.2, 0.25) is 5.02 Å². The molecule has 10 heteroatoms. The second kappa shape index (κ2) is 13.5. The summed E-state index contributed by atoms with van der Waals surface area (Å²) in [6.45, 7) is 3.12. The molecule has 1 N–H and O–H groups in total. The topological polar surface area (TPSA) is 86.8 Å². The molecule has 1 atom stereocenters. The van der Waals surface area contributed by atoms with Crippen molar-refractivity contribution in [2.45, 2.75) is 69.5 Å². The summed E-state index contributed by atoms with van der Waals surface area (Å²) in [7, 11) is -4.19. The minimum absolute atomic E-state index is 0.0123. The summed E-state index contributed by atoms with van der Waals surface area (Å²) in [5.74, 6) is -1.25. The molecule has 1 unspecified atom stereocenters. The number of nitrogens with zero attached hydrogens (tertiary/aromatic N) is 2. The van der Waals surface area contributed by atoms with Crippen LogP contribution in [0.15, 0.2) is 77.7 Å². The van der Waals surface area contributed by atoms with E-state index in [-0.39, 0.29) is 23.4 Å². The normalized spacial score (nSPS) is 14.4. The molecule has 0 aliphatic heterocycles. The van der Waals surface area contributed by atoms with Crippen molar-refractivity contribution in [1.82, 2.24) is 10.2 Å². The highest BCUT2D eigenvalue weighted by atomic mass is 35.5. The number of carbonyl (C=O) groups is 2. The number of sulfonamides is 1. The van der Waals surface area contributed by atoms with Crippen LogP contribution in [-0.4, -0.2) is 43.8 Å². The number of hydrogen-bond donors (Lipinski definition) is 1. The third kappa shape index (κ3) is 7.65. The molecule has 1 saturated carbocycles. The quantitative estimate of drug-likeness (QED) is 0.300. The van der Waals surface area contributed by atoms with Crippen molar-refractivity contribution in [1.29, 1.82) is 0 Å². The number of nitrogens with one attached hydrogen (secondary N) is 1. The van der Waals surface area contributed by atoms with Gasteiger partial charge in [-0.1, -0.05) is 55.6 Å². The Balaban J connectivity index is 1.71. The van der Waals surface area contributed by atoms with Gasteiger partial charge in [0.15, 0.2) is 0 Å². The number of rotatable bonds is 11. The van der Waals surface area contributed by atoms with Gasteiger partial charge in [0.05, 0.1) is 10.6 Å². The molecule has 0 aromatic heterocycles. The molecule has 1 fully saturated rings. The van der Waals surface area contributed by atoms with Crippen LogP contribution in [0.1, 0.15) is 50.2 Å². The van der Waals surface area contributed by atoms with E-state index < -0.39 is 34.3 Å². The molecule has 1 aliphatic rings. The minimum Gasteiger partial charge on any atom is -0.352 e. The first-order valence-electron chi connectivity index (χ1n) is 13.8. The number of benzene rings is 3. The van der Waals surface area contributed by atoms with Gasteiger partial charge in [0.2, 0.25) is 11.8 Å². The maximum Gasteiger partial charge on any atom is 0.264 e. The Labute approximate surface area is 246 Å². The molecule has 1 aliphatic carbocycles. The van der Waals surface area contributed by atoms with E-state index in [4.69, 9.17) is 11.6 Å². The van der Waals surface area contributed by atoms with E-state index >= 15 is 0 Å². The third-order valence-corrected chi connectivity index (χ3v) is 9.36. The average molecular weight is 600 g/mol. The zero-order valence-corrected chi connectivity index (χ0v) is 24.8. The van der Waals surface area contributed by atoms with Gasteiger partial charge in [-0.3, -0.25) is 13.9 Å². The minimum atomic E-state index is -4.19. The Hall–Kier alpha value is -3.43. The van der Waals surface area contributed by atoms with Gasteiger partial charge in [-0.05, 0) is 85.8 Å². The maximum absolute atomic E-state index is 14.1. The van der Waals surface area contributed by atoms with Crippen LogP contribution < -0.4 is 9.62 Å². The van der Waals surface area contributed by atoms with Gasteiger partial charge >= 0.3 is 0 Å². The van der Waals surface area contributed by atoms with E-state index in [9.17, 15) is 22.4 Å². The highest BCUT2D eigenvalue weighted by molar-refractivity contribution is 7.92. The number of aryl methyl sites for hydroxylation is 1. The van der Waals surface area contributed by atoms with Crippen LogP contribution >= 0.6 is 11.6 Å². The number of halogens is 2. The standard InChI is InChI=1S/C31H35ClFN3O4S/c1-3-29(31(38)34-26-8-4-5-9-26)35(20-23-11-15-25(33)16-12-23)30(37)21-36(27-10-6-7-22(2)19-27)41(39,40)28-17-13-24(32)14-18-28/h6-7,10-19,26,29H,3-5,8-9,20-21H2,1-2H3,(H,34,38). The van der Waals surface area contributed by atoms with E-state index in [0.717, 1.165) is 35.6 Å². The molecule has 2 amide bonds. The van der Waals surface area contributed by atoms with Gasteiger partial charge in [-0.15, -0.1) is 0 Å². The zero-order valence-electron chi connectivity index (χ0n) is 23.2. The molecular formula is C31H35ClFN3O4S. The van der Waals surface area contributed by atoms with Crippen LogP contribution in [0.5, 0.6) is 0 Å². The van der Waals surface area contributed by atoms with Crippen molar-refractivity contribution >= 4 is 39.1 Å². The molecule has 4 rings (SSSR count). The van der Waals surface area contributed by atoms with Crippen molar-refractivity contribution in [3.8, 4) is 0 Å². The first-order chi connectivity index (χ1) is 19.6. The Bertz CT molecular complexity index is 1460. The fraction of sp³-hybridized carbons (Fsp3) is 0.355. The first-order valence-corrected chi connectivity index (χ1v) is 15.6. The lowest BCUT2D eigenvalue weighted by atomic mass is 10.1. The van der Waals surface area contributed by atoms with Crippen LogP contribution in [0.25, 0.3) is 0 Å². The summed E-state index contributed by atoms with van der Waals surface area (Å²) in [6.07, 6.45) is 4.16. The molecule has 218 valence electrons. The fourth-order valence-electron chi connectivity index (χ4n) is 5.12. The summed E-state index contributed by atoms with van der Waals surface area (Å²) >= 11 is 6.00. The molecular weight excluding hydrogens is 565 g/mol. The average Bonchev–Trinajstić information content (AvgIpc) is 3.45. The number of anilines is 1. The van der Waals surface area contributed by atoms with Crippen LogP contribution in [0.4, 0.5) is 10.1 Å². The highest BCUT2D eigenvalue weighted by Crippen LogP contribution is 2.27. The summed E-state index contributed by atoms with van der Waals surface area (Å²) in [4.78, 5) is 28.9. The van der Waals surface area contributed by atoms with E-state index in [1.54, 1.807) is 30.3 Å². The van der Waals surface area contributed by atoms with Gasteiger partial charge < -0.3 is 10.2 Å². The van der Waals surface area contributed by atoms with Crippen LogP contribution in [0, 0.1) is 12.7 Å². The number of carbonyl (C=O) groups excluding carboxylic acids is 2. The predicted molar refractivity (Wildman–Crippen MR) is 159 cm³/mol. The lowest BCUT2D eigenvalue weighted by Gasteiger charge is -2.34. The van der Waals surface area contributed by atoms with E-state index in [0.29, 0.717) is 22.7 Å². The monoisotopic (exact) mass is 599 g/mol. The fourth-order valence-corrected chi connectivity index (χ4v) is 6.65. The van der Waals surface area contributed by atoms with Crippen molar-refractivity contribution in [2.24, 2.45) is 0 Å². The van der Waals surface area contributed by atoms with Gasteiger partial charge in [-0.2, -0.15) is 0 Å². The highest BCUT2D eigenvalue weighted by Gasteiger charge is 2.34. The first kappa shape index (κ1) is 30.5. The molecule has 7 nitrogen and oxygen atoms in total. The largest absolute Gasteiger partial charge is 0.352 e. The lowest BCUT2D eigenvalue weighted by molar-refractivity contribution is -0.140. The SMILES string of the molecule is CCC(C(=O)NC1CCCC1)N(Cc1ccc(F)cc1)C(=O)CN(c1cccc(C)c1)S(=O)(=O)c1ccc(Cl)cc1. The van der Waals surface area contributed by atoms with E-state index in [2.05, 4.69) is 5.32 Å². The van der Waals surface area contributed by atoms with Crippen molar-refractivity contribution < 1.29 is 22.4 Å². The Morgan fingerprint density at radius 2 is 1.68 bits per heavy atom. The molecule has 0 spiro atoms. The predicted octanol–water partition coefficient (Wildman–Crippen LogP) is 5.85. The summed E-state index contributed by atoms with van der Waals surface area (Å²) in [5.41, 5.74) is 1.75. The molecule has 41 heavy (non-hydrogen) atoms. The van der Waals surface area contributed by atoms with Gasteiger partial charge in [0.25, 0.3) is 10.0 Å². The van der Waals surface area contributed by atoms with Gasteiger partial charge in [0.1, 0.15) is 18.4 Å². The molecule has 0 radical (unpaired) electrons. The zero-order chi connectivity index (χ0) is 29.6. The van der Waals surface area contributed by atoms with Crippen molar-refractivity contribution in [2.75, 3.05) is 10.8 Å². The van der Waals surface area contributed by atoms with Crippen molar-refractivity contribution in [3.63, 3.8) is 0 Å². The molecule has 0 bridgehead atoms. The molecule has 3 aromatic rings. The Kier molecular flexibility index (Phi) is 10.0. The molecule has 3 aromatic carbocycles. The second-order valence-corrected chi connectivity index (χ2v) is 12.7. The van der Waals surface area contributed by atoms with Crippen LogP contribution in [0.3, 0.4) is 0 Å². The number of hydrogen-bond acceptors (Lipinski definition) is 4. The lowest BCUT2D eigenvalue weighted by Crippen LogP contribution is -2.53. The van der Waals surface area contributed by atoms with E-state index in [1.807, 2.05) is 19.9 Å². The maximum atomic E-state index is 14.1. The Morgan fingerprint density at radius 1 is 1.02 bits per heavy atom. The molecule has 0 saturated heterocycles. The second-order valence-electron chi connectivity index (χ2n) is 10.4. The van der Waals surface area contributed by atoms with Crippen LogP contribution in [-0.2, 0) is 26.2 Å². The number of amides is 2. The Morgan fingerprint density at radius 3 is 2.29 bits per heavy atom. The third-order valence-electron chi connectivity index (χ3n) is 7.32. The van der Waals surface area contributed by atoms with Crippen molar-refractivity contribution in [3.05, 3.63) is 94.8 Å². The smallest absolute Gasteiger partial charge is 0.264 e.